The van der Waals surface area contributed by atoms with Crippen molar-refractivity contribution in [2.75, 3.05) is 13.1 Å². The summed E-state index contributed by atoms with van der Waals surface area (Å²) in [5.41, 5.74) is 6.57. The van der Waals surface area contributed by atoms with Gasteiger partial charge >= 0.3 is 0 Å². The van der Waals surface area contributed by atoms with Crippen LogP contribution in [0.25, 0.3) is 0 Å². The van der Waals surface area contributed by atoms with Crippen molar-refractivity contribution in [3.8, 4) is 0 Å². The Balaban J connectivity index is 0.00000180. The first-order valence-corrected chi connectivity index (χ1v) is 6.31. The molecule has 0 bridgehead atoms. The van der Waals surface area contributed by atoms with Gasteiger partial charge in [-0.25, -0.2) is 4.39 Å². The number of amides is 1. The molecule has 1 aliphatic rings. The number of halogens is 2. The second kappa shape index (κ2) is 6.35. The number of nitrogens with one attached hydrogen (secondary N) is 1. The molecule has 1 aromatic rings. The minimum Gasteiger partial charge on any atom is -0.355 e. The van der Waals surface area contributed by atoms with Crippen LogP contribution in [0.5, 0.6) is 0 Å². The summed E-state index contributed by atoms with van der Waals surface area (Å²) in [5, 5.41) is 2.94. The minimum atomic E-state index is -0.227. The summed E-state index contributed by atoms with van der Waals surface area (Å²) < 4.78 is 12.9. The highest BCUT2D eigenvalue weighted by atomic mass is 35.5. The molecule has 3 nitrogen and oxygen atoms in total. The van der Waals surface area contributed by atoms with E-state index >= 15 is 0 Å². The van der Waals surface area contributed by atoms with Crippen LogP contribution in [0, 0.1) is 11.7 Å². The van der Waals surface area contributed by atoms with Gasteiger partial charge in [0.25, 0.3) is 0 Å². The van der Waals surface area contributed by atoms with Crippen molar-refractivity contribution in [1.82, 2.24) is 5.32 Å². The molecule has 19 heavy (non-hydrogen) atoms. The summed E-state index contributed by atoms with van der Waals surface area (Å²) in [6.07, 6.45) is 2.08. The Morgan fingerprint density at radius 1 is 1.42 bits per heavy atom. The van der Waals surface area contributed by atoms with Gasteiger partial charge in [0.1, 0.15) is 5.82 Å². The Kier molecular flexibility index (Phi) is 5.32. The van der Waals surface area contributed by atoms with Gasteiger partial charge in [-0.2, -0.15) is 0 Å². The van der Waals surface area contributed by atoms with Crippen molar-refractivity contribution >= 4 is 18.3 Å². The Morgan fingerprint density at radius 3 is 2.47 bits per heavy atom. The molecule has 0 aromatic heterocycles. The predicted molar refractivity (Wildman–Crippen MR) is 75.8 cm³/mol. The lowest BCUT2D eigenvalue weighted by molar-refractivity contribution is -0.124. The highest BCUT2D eigenvalue weighted by molar-refractivity contribution is 5.85. The lowest BCUT2D eigenvalue weighted by Crippen LogP contribution is -2.38. The molecule has 1 saturated carbocycles. The van der Waals surface area contributed by atoms with Crippen LogP contribution in [0.2, 0.25) is 0 Å². The Morgan fingerprint density at radius 2 is 2.00 bits per heavy atom. The fourth-order valence-corrected chi connectivity index (χ4v) is 2.06. The zero-order chi connectivity index (χ0) is 13.2. The standard InChI is InChI=1S/C14H19FN2O.ClH/c1-10(8-16)13(18)17-9-14(6-7-14)11-2-4-12(15)5-3-11;/h2-5,10H,6-9,16H2,1H3,(H,17,18);1H. The van der Waals surface area contributed by atoms with Gasteiger partial charge in [-0.05, 0) is 30.5 Å². The molecule has 2 rings (SSSR count). The van der Waals surface area contributed by atoms with E-state index in [4.69, 9.17) is 5.73 Å². The third kappa shape index (κ3) is 3.67. The van der Waals surface area contributed by atoms with Crippen LogP contribution in [0.15, 0.2) is 24.3 Å². The van der Waals surface area contributed by atoms with Gasteiger partial charge in [-0.15, -0.1) is 12.4 Å². The van der Waals surface area contributed by atoms with E-state index in [0.29, 0.717) is 13.1 Å². The van der Waals surface area contributed by atoms with E-state index in [2.05, 4.69) is 5.32 Å². The largest absolute Gasteiger partial charge is 0.355 e. The lowest BCUT2D eigenvalue weighted by atomic mass is 9.95. The Bertz CT molecular complexity index is 432. The molecule has 0 radical (unpaired) electrons. The number of benzene rings is 1. The fourth-order valence-electron chi connectivity index (χ4n) is 2.06. The zero-order valence-corrected chi connectivity index (χ0v) is 11.8. The summed E-state index contributed by atoms with van der Waals surface area (Å²) in [7, 11) is 0. The number of rotatable bonds is 5. The molecule has 0 heterocycles. The average molecular weight is 287 g/mol. The molecule has 1 unspecified atom stereocenters. The summed E-state index contributed by atoms with van der Waals surface area (Å²) in [6.45, 7) is 2.78. The summed E-state index contributed by atoms with van der Waals surface area (Å²) in [5.74, 6) is -0.393. The highest BCUT2D eigenvalue weighted by Crippen LogP contribution is 2.47. The molecule has 0 aliphatic heterocycles. The van der Waals surface area contributed by atoms with Gasteiger partial charge in [0.15, 0.2) is 0 Å². The van der Waals surface area contributed by atoms with Crippen LogP contribution >= 0.6 is 12.4 Å². The van der Waals surface area contributed by atoms with Gasteiger partial charge in [0, 0.05) is 24.4 Å². The maximum atomic E-state index is 12.9. The molecule has 1 atom stereocenters. The summed E-state index contributed by atoms with van der Waals surface area (Å²) >= 11 is 0. The monoisotopic (exact) mass is 286 g/mol. The van der Waals surface area contributed by atoms with Crippen molar-refractivity contribution in [1.29, 1.82) is 0 Å². The summed E-state index contributed by atoms with van der Waals surface area (Å²) in [4.78, 5) is 11.7. The molecule has 1 amide bonds. The van der Waals surface area contributed by atoms with Crippen LogP contribution in [-0.4, -0.2) is 19.0 Å². The van der Waals surface area contributed by atoms with E-state index in [1.807, 2.05) is 6.92 Å². The Hall–Kier alpha value is -1.13. The van der Waals surface area contributed by atoms with Gasteiger partial charge in [0.2, 0.25) is 5.91 Å². The number of carbonyl (C=O) groups is 1. The molecule has 106 valence electrons. The molecule has 3 N–H and O–H groups in total. The van der Waals surface area contributed by atoms with Crippen LogP contribution < -0.4 is 11.1 Å². The van der Waals surface area contributed by atoms with E-state index < -0.39 is 0 Å². The van der Waals surface area contributed by atoms with E-state index in [0.717, 1.165) is 18.4 Å². The number of hydrogen-bond acceptors (Lipinski definition) is 2. The molecular weight excluding hydrogens is 267 g/mol. The molecule has 0 spiro atoms. The number of carbonyl (C=O) groups excluding carboxylic acids is 1. The smallest absolute Gasteiger partial charge is 0.224 e. The van der Waals surface area contributed by atoms with E-state index in [9.17, 15) is 9.18 Å². The third-order valence-electron chi connectivity index (χ3n) is 3.71. The van der Waals surface area contributed by atoms with Crippen molar-refractivity contribution in [2.45, 2.75) is 25.2 Å². The van der Waals surface area contributed by atoms with Crippen LogP contribution in [-0.2, 0) is 10.2 Å². The van der Waals surface area contributed by atoms with Crippen LogP contribution in [0.4, 0.5) is 4.39 Å². The topological polar surface area (TPSA) is 55.1 Å². The Labute approximate surface area is 119 Å². The predicted octanol–water partition coefficient (Wildman–Crippen LogP) is 1.99. The van der Waals surface area contributed by atoms with Crippen molar-refractivity contribution < 1.29 is 9.18 Å². The van der Waals surface area contributed by atoms with Crippen LogP contribution in [0.3, 0.4) is 0 Å². The first-order chi connectivity index (χ1) is 8.57. The normalized spacial score (nSPS) is 17.2. The van der Waals surface area contributed by atoms with E-state index in [-0.39, 0.29) is 35.5 Å². The molecule has 0 saturated heterocycles. The van der Waals surface area contributed by atoms with E-state index in [1.165, 1.54) is 12.1 Å². The molecule has 1 aliphatic carbocycles. The van der Waals surface area contributed by atoms with Crippen LogP contribution in [0.1, 0.15) is 25.3 Å². The highest BCUT2D eigenvalue weighted by Gasteiger charge is 2.44. The molecule has 1 fully saturated rings. The minimum absolute atomic E-state index is 0. The first kappa shape index (κ1) is 15.9. The van der Waals surface area contributed by atoms with Crippen molar-refractivity contribution in [3.05, 3.63) is 35.6 Å². The average Bonchev–Trinajstić information content (AvgIpc) is 3.17. The first-order valence-electron chi connectivity index (χ1n) is 6.31. The van der Waals surface area contributed by atoms with Crippen molar-refractivity contribution in [2.24, 2.45) is 11.7 Å². The number of hydrogen-bond donors (Lipinski definition) is 2. The van der Waals surface area contributed by atoms with Gasteiger partial charge in [-0.1, -0.05) is 19.1 Å². The van der Waals surface area contributed by atoms with E-state index in [1.54, 1.807) is 12.1 Å². The van der Waals surface area contributed by atoms with Gasteiger partial charge in [-0.3, -0.25) is 4.79 Å². The van der Waals surface area contributed by atoms with Gasteiger partial charge < -0.3 is 11.1 Å². The second-order valence-corrected chi connectivity index (χ2v) is 5.14. The maximum Gasteiger partial charge on any atom is 0.224 e. The lowest BCUT2D eigenvalue weighted by Gasteiger charge is -2.18. The van der Waals surface area contributed by atoms with Gasteiger partial charge in [0.05, 0.1) is 0 Å². The fraction of sp³-hybridized carbons (Fsp3) is 0.500. The van der Waals surface area contributed by atoms with Crippen molar-refractivity contribution in [3.63, 3.8) is 0 Å². The second-order valence-electron chi connectivity index (χ2n) is 5.14. The molecule has 5 heteroatoms. The SMILES string of the molecule is CC(CN)C(=O)NCC1(c2ccc(F)cc2)CC1.Cl. The zero-order valence-electron chi connectivity index (χ0n) is 11.0. The molecular formula is C14H20ClFN2O. The quantitative estimate of drug-likeness (QED) is 0.870. The third-order valence-corrected chi connectivity index (χ3v) is 3.71. The molecule has 1 aromatic carbocycles. The maximum absolute atomic E-state index is 12.9. The number of nitrogens with two attached hydrogens (primary N) is 1. The summed E-state index contributed by atoms with van der Waals surface area (Å²) in [6, 6.07) is 6.56.